The molecular weight excluding hydrogens is 274 g/mol. The number of rotatable bonds is 6. The summed E-state index contributed by atoms with van der Waals surface area (Å²) >= 11 is 5.87. The molecule has 0 atom stereocenters. The fourth-order valence-corrected chi connectivity index (χ4v) is 2.55. The van der Waals surface area contributed by atoms with Crippen LogP contribution in [-0.2, 0) is 19.5 Å². The van der Waals surface area contributed by atoms with Gasteiger partial charge in [0.05, 0.1) is 11.7 Å². The third kappa shape index (κ3) is 2.67. The molecule has 0 saturated heterocycles. The van der Waals surface area contributed by atoms with Crippen molar-refractivity contribution in [2.75, 3.05) is 5.88 Å². The number of aryl methyl sites for hydroxylation is 3. The van der Waals surface area contributed by atoms with Gasteiger partial charge in [-0.15, -0.1) is 11.6 Å². The predicted molar refractivity (Wildman–Crippen MR) is 78.8 cm³/mol. The number of nitrogens with zero attached hydrogens (tertiary/aromatic N) is 5. The van der Waals surface area contributed by atoms with Gasteiger partial charge in [-0.05, 0) is 18.6 Å². The van der Waals surface area contributed by atoms with Crippen LogP contribution in [0.1, 0.15) is 12.2 Å². The zero-order chi connectivity index (χ0) is 13.8. The van der Waals surface area contributed by atoms with E-state index in [-0.39, 0.29) is 0 Å². The summed E-state index contributed by atoms with van der Waals surface area (Å²) in [4.78, 5) is 8.74. The molecule has 0 saturated carbocycles. The Kier molecular flexibility index (Phi) is 3.97. The van der Waals surface area contributed by atoms with E-state index in [0.717, 1.165) is 42.8 Å². The minimum Gasteiger partial charge on any atom is -0.328 e. The zero-order valence-electron chi connectivity index (χ0n) is 11.1. The molecule has 3 rings (SSSR count). The molecule has 0 unspecified atom stereocenters. The lowest BCUT2D eigenvalue weighted by Crippen LogP contribution is -2.08. The van der Waals surface area contributed by atoms with Crippen LogP contribution in [0.25, 0.3) is 11.0 Å². The van der Waals surface area contributed by atoms with Gasteiger partial charge in [0.2, 0.25) is 0 Å². The van der Waals surface area contributed by atoms with Crippen LogP contribution in [0, 0.1) is 0 Å². The van der Waals surface area contributed by atoms with Crippen LogP contribution in [0.3, 0.4) is 0 Å². The Labute approximate surface area is 122 Å². The van der Waals surface area contributed by atoms with Crippen molar-refractivity contribution in [1.82, 2.24) is 24.3 Å². The predicted octanol–water partition coefficient (Wildman–Crippen LogP) is 2.50. The monoisotopic (exact) mass is 289 g/mol. The van der Waals surface area contributed by atoms with Gasteiger partial charge in [-0.2, -0.15) is 5.10 Å². The van der Waals surface area contributed by atoms with E-state index in [4.69, 9.17) is 11.6 Å². The molecule has 3 aromatic heterocycles. The van der Waals surface area contributed by atoms with Crippen molar-refractivity contribution in [3.63, 3.8) is 0 Å². The van der Waals surface area contributed by atoms with E-state index in [2.05, 4.69) is 19.6 Å². The van der Waals surface area contributed by atoms with Crippen molar-refractivity contribution in [2.24, 2.45) is 0 Å². The molecule has 6 heteroatoms. The summed E-state index contributed by atoms with van der Waals surface area (Å²) in [5.41, 5.74) is 2.06. The average Bonchev–Trinajstić information content (AvgIpc) is 3.08. The van der Waals surface area contributed by atoms with Crippen molar-refractivity contribution in [1.29, 1.82) is 0 Å². The molecule has 0 aliphatic heterocycles. The highest BCUT2D eigenvalue weighted by Gasteiger charge is 2.09. The molecule has 0 spiro atoms. The van der Waals surface area contributed by atoms with Gasteiger partial charge in [-0.3, -0.25) is 9.67 Å². The summed E-state index contributed by atoms with van der Waals surface area (Å²) in [6.07, 6.45) is 9.17. The molecule has 3 heterocycles. The lowest BCUT2D eigenvalue weighted by atomic mass is 10.3. The maximum Gasteiger partial charge on any atom is 0.111 e. The van der Waals surface area contributed by atoms with Gasteiger partial charge in [0.25, 0.3) is 0 Å². The Balaban J connectivity index is 1.79. The molecule has 0 N–H and O–H groups in total. The lowest BCUT2D eigenvalue weighted by Gasteiger charge is -2.08. The van der Waals surface area contributed by atoms with Crippen LogP contribution < -0.4 is 0 Å². The first kappa shape index (κ1) is 13.1. The molecule has 0 fully saturated rings. The number of halogens is 1. The highest BCUT2D eigenvalue weighted by atomic mass is 35.5. The maximum atomic E-state index is 5.87. The molecule has 104 valence electrons. The highest BCUT2D eigenvalue weighted by Crippen LogP contribution is 2.16. The number of fused-ring (bicyclic) bond motifs is 1. The van der Waals surface area contributed by atoms with E-state index in [9.17, 15) is 0 Å². The van der Waals surface area contributed by atoms with Gasteiger partial charge in [0.1, 0.15) is 11.3 Å². The minimum atomic E-state index is 0.579. The standard InChI is InChI=1S/C14H16ClN5/c15-5-3-14-18-12-11-16-7-4-13(12)20(14)10-2-9-19-8-1-6-17-19/h1,4,6-8,11H,2-3,5,9-10H2. The summed E-state index contributed by atoms with van der Waals surface area (Å²) in [5, 5.41) is 4.22. The first-order valence-corrected chi connectivity index (χ1v) is 7.24. The van der Waals surface area contributed by atoms with Crippen LogP contribution in [-0.4, -0.2) is 30.2 Å². The fraction of sp³-hybridized carbons (Fsp3) is 0.357. The van der Waals surface area contributed by atoms with E-state index in [1.807, 2.05) is 23.0 Å². The number of imidazole rings is 1. The second-order valence-corrected chi connectivity index (χ2v) is 4.98. The number of aromatic nitrogens is 5. The SMILES string of the molecule is ClCCc1nc2cnccc2n1CCCn1cccn1. The zero-order valence-corrected chi connectivity index (χ0v) is 11.9. The molecule has 0 aromatic carbocycles. The molecule has 0 amide bonds. The molecule has 20 heavy (non-hydrogen) atoms. The number of hydrogen-bond acceptors (Lipinski definition) is 3. The Morgan fingerprint density at radius 1 is 1.20 bits per heavy atom. The van der Waals surface area contributed by atoms with Crippen LogP contribution in [0.2, 0.25) is 0 Å². The van der Waals surface area contributed by atoms with Crippen LogP contribution >= 0.6 is 11.6 Å². The van der Waals surface area contributed by atoms with E-state index in [0.29, 0.717) is 5.88 Å². The van der Waals surface area contributed by atoms with Crippen LogP contribution in [0.4, 0.5) is 0 Å². The Bertz CT molecular complexity index is 674. The highest BCUT2D eigenvalue weighted by molar-refractivity contribution is 6.17. The second kappa shape index (κ2) is 6.05. The average molecular weight is 290 g/mol. The largest absolute Gasteiger partial charge is 0.328 e. The molecule has 0 radical (unpaired) electrons. The summed E-state index contributed by atoms with van der Waals surface area (Å²) < 4.78 is 4.19. The van der Waals surface area contributed by atoms with Crippen molar-refractivity contribution in [3.05, 3.63) is 42.7 Å². The normalized spacial score (nSPS) is 11.2. The summed E-state index contributed by atoms with van der Waals surface area (Å²) in [6.45, 7) is 1.81. The lowest BCUT2D eigenvalue weighted by molar-refractivity contribution is 0.524. The molecule has 0 bridgehead atoms. The first-order chi connectivity index (χ1) is 9.88. The van der Waals surface area contributed by atoms with Gasteiger partial charge >= 0.3 is 0 Å². The Morgan fingerprint density at radius 2 is 2.15 bits per heavy atom. The second-order valence-electron chi connectivity index (χ2n) is 4.61. The van der Waals surface area contributed by atoms with E-state index in [1.54, 1.807) is 18.6 Å². The Morgan fingerprint density at radius 3 is 2.95 bits per heavy atom. The molecule has 0 aliphatic rings. The fourth-order valence-electron chi connectivity index (χ4n) is 2.38. The first-order valence-electron chi connectivity index (χ1n) is 6.71. The van der Waals surface area contributed by atoms with Gasteiger partial charge in [-0.1, -0.05) is 0 Å². The number of hydrogen-bond donors (Lipinski definition) is 0. The van der Waals surface area contributed by atoms with E-state index < -0.39 is 0 Å². The summed E-state index contributed by atoms with van der Waals surface area (Å²) in [5.74, 6) is 1.61. The number of alkyl halides is 1. The topological polar surface area (TPSA) is 48.5 Å². The van der Waals surface area contributed by atoms with Crippen LogP contribution in [0.5, 0.6) is 0 Å². The molecule has 0 aliphatic carbocycles. The quantitative estimate of drug-likeness (QED) is 0.655. The minimum absolute atomic E-state index is 0.579. The third-order valence-electron chi connectivity index (χ3n) is 3.28. The van der Waals surface area contributed by atoms with E-state index >= 15 is 0 Å². The maximum absolute atomic E-state index is 5.87. The Hall–Kier alpha value is -1.88. The van der Waals surface area contributed by atoms with Gasteiger partial charge < -0.3 is 4.57 Å². The molecule has 3 aromatic rings. The number of pyridine rings is 1. The van der Waals surface area contributed by atoms with Gasteiger partial charge in [0.15, 0.2) is 0 Å². The van der Waals surface area contributed by atoms with Crippen molar-refractivity contribution in [2.45, 2.75) is 25.9 Å². The van der Waals surface area contributed by atoms with Gasteiger partial charge in [0, 0.05) is 44.0 Å². The molecule has 5 nitrogen and oxygen atoms in total. The summed E-state index contributed by atoms with van der Waals surface area (Å²) in [6, 6.07) is 3.95. The van der Waals surface area contributed by atoms with Crippen molar-refractivity contribution < 1.29 is 0 Å². The van der Waals surface area contributed by atoms with Crippen molar-refractivity contribution >= 4 is 22.6 Å². The molecular formula is C14H16ClN5. The van der Waals surface area contributed by atoms with Crippen molar-refractivity contribution in [3.8, 4) is 0 Å². The van der Waals surface area contributed by atoms with E-state index in [1.165, 1.54) is 0 Å². The van der Waals surface area contributed by atoms with Crippen LogP contribution in [0.15, 0.2) is 36.9 Å². The summed E-state index contributed by atoms with van der Waals surface area (Å²) in [7, 11) is 0. The smallest absolute Gasteiger partial charge is 0.111 e. The van der Waals surface area contributed by atoms with Gasteiger partial charge in [-0.25, -0.2) is 4.98 Å². The third-order valence-corrected chi connectivity index (χ3v) is 3.46.